The fourth-order valence-corrected chi connectivity index (χ4v) is 3.14. The Kier molecular flexibility index (Phi) is 20.7. The average molecular weight is 415 g/mol. The predicted octanol–water partition coefficient (Wildman–Crippen LogP) is 1.09. The Morgan fingerprint density at radius 1 is 0.630 bits per heavy atom. The van der Waals surface area contributed by atoms with Crippen molar-refractivity contribution in [2.75, 3.05) is 65.4 Å². The number of nitrogens with two attached hydrogens (primary N) is 2. The zero-order valence-electron chi connectivity index (χ0n) is 18.6. The van der Waals surface area contributed by atoms with Crippen molar-refractivity contribution in [3.63, 3.8) is 0 Å². The second-order valence-electron chi connectivity index (χ2n) is 6.72. The van der Waals surface area contributed by atoms with Gasteiger partial charge in [-0.2, -0.15) is 0 Å². The molecule has 0 radical (unpaired) electrons. The van der Waals surface area contributed by atoms with E-state index in [0.29, 0.717) is 0 Å². The van der Waals surface area contributed by atoms with E-state index in [-0.39, 0.29) is 0 Å². The van der Waals surface area contributed by atoms with Crippen LogP contribution in [0.25, 0.3) is 0 Å². The topological polar surface area (TPSA) is 132 Å². The summed E-state index contributed by atoms with van der Waals surface area (Å²) in [6.07, 6.45) is 2.32. The summed E-state index contributed by atoms with van der Waals surface area (Å²) in [7, 11) is -5.17. The number of rotatable bonds is 12. The van der Waals surface area contributed by atoms with Crippen LogP contribution >= 0.6 is 0 Å². The molecule has 9 heteroatoms. The van der Waals surface area contributed by atoms with Crippen LogP contribution < -0.4 is 11.5 Å². The van der Waals surface area contributed by atoms with Gasteiger partial charge in [0.15, 0.2) is 0 Å². The summed E-state index contributed by atoms with van der Waals surface area (Å²) in [6.45, 7) is 25.2. The van der Waals surface area contributed by atoms with E-state index in [4.69, 9.17) is 29.0 Å². The summed E-state index contributed by atoms with van der Waals surface area (Å²) in [4.78, 5) is 0. The van der Waals surface area contributed by atoms with Crippen LogP contribution in [-0.2, 0) is 10.4 Å². The lowest BCUT2D eigenvalue weighted by Crippen LogP contribution is -2.48. The second-order valence-corrected chi connectivity index (χ2v) is 7.54. The zero-order valence-corrected chi connectivity index (χ0v) is 19.4. The number of hydrogen-bond acceptors (Lipinski definition) is 6. The fraction of sp³-hybridized carbons (Fsp3) is 1.00. The van der Waals surface area contributed by atoms with E-state index in [9.17, 15) is 0 Å². The summed E-state index contributed by atoms with van der Waals surface area (Å²) in [5.74, 6) is 0. The molecule has 0 heterocycles. The lowest BCUT2D eigenvalue weighted by molar-refractivity contribution is -0.923. The molecule has 0 atom stereocenters. The molecule has 0 fully saturated rings. The molecular weight excluding hydrogens is 368 g/mol. The maximum Gasteiger partial charge on any atom is 0.0798 e. The molecule has 4 N–H and O–H groups in total. The van der Waals surface area contributed by atoms with Gasteiger partial charge < -0.3 is 29.5 Å². The van der Waals surface area contributed by atoms with Crippen LogP contribution in [-0.4, -0.2) is 91.9 Å². The van der Waals surface area contributed by atoms with Crippen molar-refractivity contribution in [1.82, 2.24) is 0 Å². The van der Waals surface area contributed by atoms with Crippen LogP contribution in [0.5, 0.6) is 0 Å². The first kappa shape index (κ1) is 31.4. The zero-order chi connectivity index (χ0) is 22.0. The third-order valence-corrected chi connectivity index (χ3v) is 5.70. The van der Waals surface area contributed by atoms with Gasteiger partial charge in [0.1, 0.15) is 0 Å². The van der Waals surface area contributed by atoms with Gasteiger partial charge in [0.05, 0.1) is 52.4 Å². The minimum absolute atomic E-state index is 0.833. The molecule has 168 valence electrons. The maximum absolute atomic E-state index is 8.52. The number of hydrogen-bond donors (Lipinski definition) is 2. The van der Waals surface area contributed by atoms with Crippen LogP contribution in [0.15, 0.2) is 0 Å². The standard InChI is InChI=1S/2C9H23N2.H2O4S/c2*1-4-11(5-2,6-3)9-7-8-10;1-5(2,3)4/h2*4-10H2,1-3H3;(H2,1,2,3,4)/q2*+1;/p-2. The molecule has 0 aliphatic rings. The van der Waals surface area contributed by atoms with Crippen molar-refractivity contribution in [3.05, 3.63) is 0 Å². The molecule has 0 aliphatic carbocycles. The lowest BCUT2D eigenvalue weighted by Gasteiger charge is -2.35. The van der Waals surface area contributed by atoms with Crippen LogP contribution in [0.3, 0.4) is 0 Å². The van der Waals surface area contributed by atoms with E-state index in [1.54, 1.807) is 0 Å². The molecule has 0 amide bonds. The van der Waals surface area contributed by atoms with Crippen LogP contribution in [0.4, 0.5) is 0 Å². The maximum atomic E-state index is 8.52. The highest BCUT2D eigenvalue weighted by Crippen LogP contribution is 2.06. The van der Waals surface area contributed by atoms with Crippen LogP contribution in [0.2, 0.25) is 0 Å². The third kappa shape index (κ3) is 18.8. The Balaban J connectivity index is -0.000000344. The molecule has 0 aromatic heterocycles. The molecule has 0 rings (SSSR count). The molecular formula is C18H46N4O4S. The molecule has 27 heavy (non-hydrogen) atoms. The Morgan fingerprint density at radius 2 is 0.815 bits per heavy atom. The van der Waals surface area contributed by atoms with Gasteiger partial charge in [0.25, 0.3) is 0 Å². The first-order valence-electron chi connectivity index (χ1n) is 10.3. The molecule has 0 saturated heterocycles. The van der Waals surface area contributed by atoms with Gasteiger partial charge in [-0.05, 0) is 54.6 Å². The average Bonchev–Trinajstić information content (AvgIpc) is 2.64. The quantitative estimate of drug-likeness (QED) is 0.279. The van der Waals surface area contributed by atoms with Gasteiger partial charge >= 0.3 is 0 Å². The molecule has 0 bridgehead atoms. The summed E-state index contributed by atoms with van der Waals surface area (Å²) < 4.78 is 36.6. The minimum Gasteiger partial charge on any atom is -0.759 e. The van der Waals surface area contributed by atoms with Gasteiger partial charge in [-0.1, -0.05) is 0 Å². The van der Waals surface area contributed by atoms with Gasteiger partial charge in [-0.3, -0.25) is 8.42 Å². The Morgan fingerprint density at radius 3 is 0.926 bits per heavy atom. The van der Waals surface area contributed by atoms with E-state index < -0.39 is 10.4 Å². The molecule has 0 spiro atoms. The molecule has 0 aromatic carbocycles. The first-order chi connectivity index (χ1) is 12.5. The summed E-state index contributed by atoms with van der Waals surface area (Å²) in [6, 6.07) is 0. The van der Waals surface area contributed by atoms with E-state index in [0.717, 1.165) is 25.9 Å². The molecule has 0 aliphatic heterocycles. The number of nitrogens with zero attached hydrogens (tertiary/aromatic N) is 2. The Bertz CT molecular complexity index is 363. The molecule has 0 aromatic rings. The Hall–Kier alpha value is -0.290. The van der Waals surface area contributed by atoms with E-state index in [1.165, 1.54) is 61.3 Å². The smallest absolute Gasteiger partial charge is 0.0798 e. The van der Waals surface area contributed by atoms with Crippen molar-refractivity contribution < 1.29 is 26.5 Å². The van der Waals surface area contributed by atoms with Gasteiger partial charge in [0.2, 0.25) is 0 Å². The normalized spacial score (nSPS) is 11.9. The highest BCUT2D eigenvalue weighted by molar-refractivity contribution is 7.79. The largest absolute Gasteiger partial charge is 0.759 e. The van der Waals surface area contributed by atoms with Gasteiger partial charge in [-0.15, -0.1) is 0 Å². The van der Waals surface area contributed by atoms with E-state index in [2.05, 4.69) is 41.5 Å². The first-order valence-corrected chi connectivity index (χ1v) is 11.6. The molecule has 8 nitrogen and oxygen atoms in total. The van der Waals surface area contributed by atoms with Gasteiger partial charge in [0, 0.05) is 23.2 Å². The summed E-state index contributed by atoms with van der Waals surface area (Å²) in [5, 5.41) is 0. The number of quaternary nitrogens is 2. The third-order valence-electron chi connectivity index (χ3n) is 5.70. The SMILES string of the molecule is CC[N+](CC)(CC)CCCN.CC[N+](CC)(CC)CCCN.O=S(=O)([O-])[O-]. The van der Waals surface area contributed by atoms with Crippen LogP contribution in [0.1, 0.15) is 54.4 Å². The van der Waals surface area contributed by atoms with Crippen molar-refractivity contribution in [2.45, 2.75) is 54.4 Å². The molecule has 0 unspecified atom stereocenters. The monoisotopic (exact) mass is 414 g/mol. The van der Waals surface area contributed by atoms with Crippen molar-refractivity contribution in [3.8, 4) is 0 Å². The molecule has 0 saturated carbocycles. The van der Waals surface area contributed by atoms with E-state index in [1.807, 2.05) is 0 Å². The minimum atomic E-state index is -5.17. The summed E-state index contributed by atoms with van der Waals surface area (Å²) in [5.41, 5.74) is 11.0. The van der Waals surface area contributed by atoms with Crippen LogP contribution in [0, 0.1) is 0 Å². The highest BCUT2D eigenvalue weighted by Gasteiger charge is 2.19. The highest BCUT2D eigenvalue weighted by atomic mass is 32.3. The fourth-order valence-electron chi connectivity index (χ4n) is 3.14. The van der Waals surface area contributed by atoms with Crippen molar-refractivity contribution in [1.29, 1.82) is 0 Å². The Labute approximate surface area is 168 Å². The second kappa shape index (κ2) is 17.8. The summed E-state index contributed by atoms with van der Waals surface area (Å²) >= 11 is 0. The van der Waals surface area contributed by atoms with Crippen molar-refractivity contribution in [2.24, 2.45) is 11.5 Å². The predicted molar refractivity (Wildman–Crippen MR) is 111 cm³/mol. The van der Waals surface area contributed by atoms with E-state index >= 15 is 0 Å². The van der Waals surface area contributed by atoms with Gasteiger partial charge in [-0.25, -0.2) is 0 Å². The van der Waals surface area contributed by atoms with Crippen molar-refractivity contribution >= 4 is 10.4 Å². The lowest BCUT2D eigenvalue weighted by atomic mass is 10.3.